The number of halogens is 2. The lowest BCUT2D eigenvalue weighted by Crippen LogP contribution is -2.25. The zero-order valence-corrected chi connectivity index (χ0v) is 16.5. The number of hydrogen-bond donors (Lipinski definition) is 1. The van der Waals surface area contributed by atoms with E-state index in [0.717, 1.165) is 5.56 Å². The van der Waals surface area contributed by atoms with Gasteiger partial charge in [0, 0.05) is 23.6 Å². The molecule has 6 nitrogen and oxygen atoms in total. The van der Waals surface area contributed by atoms with Gasteiger partial charge < -0.3 is 19.5 Å². The molecular formula is C20H19Cl2NO5. The van der Waals surface area contributed by atoms with E-state index in [0.29, 0.717) is 53.3 Å². The summed E-state index contributed by atoms with van der Waals surface area (Å²) in [6, 6.07) is 10.0. The van der Waals surface area contributed by atoms with Crippen molar-refractivity contribution in [2.75, 3.05) is 19.8 Å². The Hall–Kier alpha value is -2.44. The van der Waals surface area contributed by atoms with Crippen molar-refractivity contribution in [3.8, 4) is 11.5 Å². The second-order valence-corrected chi connectivity index (χ2v) is 6.97. The van der Waals surface area contributed by atoms with Crippen LogP contribution in [0.2, 0.25) is 10.0 Å². The highest BCUT2D eigenvalue weighted by Gasteiger charge is 2.17. The van der Waals surface area contributed by atoms with Crippen molar-refractivity contribution in [2.45, 2.75) is 19.4 Å². The van der Waals surface area contributed by atoms with Crippen molar-refractivity contribution < 1.29 is 23.8 Å². The Labute approximate surface area is 172 Å². The van der Waals surface area contributed by atoms with E-state index in [9.17, 15) is 9.59 Å². The molecule has 2 aromatic carbocycles. The summed E-state index contributed by atoms with van der Waals surface area (Å²) < 4.78 is 16.2. The van der Waals surface area contributed by atoms with E-state index in [4.69, 9.17) is 37.4 Å². The molecule has 1 amide bonds. The summed E-state index contributed by atoms with van der Waals surface area (Å²) in [4.78, 5) is 23.9. The quantitative estimate of drug-likeness (QED) is 0.537. The zero-order chi connectivity index (χ0) is 19.9. The Morgan fingerprint density at radius 3 is 2.61 bits per heavy atom. The van der Waals surface area contributed by atoms with Crippen molar-refractivity contribution >= 4 is 35.1 Å². The molecule has 1 N–H and O–H groups in total. The first-order chi connectivity index (χ1) is 13.5. The lowest BCUT2D eigenvalue weighted by molar-refractivity contribution is -0.145. The summed E-state index contributed by atoms with van der Waals surface area (Å²) in [5.74, 6) is 0.497. The average Bonchev–Trinajstić information content (AvgIpc) is 2.70. The number of benzene rings is 2. The van der Waals surface area contributed by atoms with Crippen LogP contribution in [0.1, 0.15) is 28.8 Å². The zero-order valence-electron chi connectivity index (χ0n) is 15.0. The molecule has 1 aliphatic heterocycles. The lowest BCUT2D eigenvalue weighted by Gasteiger charge is -2.20. The maximum absolute atomic E-state index is 12.0. The van der Waals surface area contributed by atoms with E-state index in [1.165, 1.54) is 0 Å². The third kappa shape index (κ3) is 5.53. The Balaban J connectivity index is 1.38. The van der Waals surface area contributed by atoms with Gasteiger partial charge in [0.15, 0.2) is 11.5 Å². The predicted octanol–water partition coefficient (Wildman–Crippen LogP) is 4.02. The van der Waals surface area contributed by atoms with Crippen LogP contribution in [-0.4, -0.2) is 31.6 Å². The van der Waals surface area contributed by atoms with Gasteiger partial charge >= 0.3 is 5.97 Å². The van der Waals surface area contributed by atoms with Gasteiger partial charge in [0.05, 0.1) is 5.02 Å². The average molecular weight is 424 g/mol. The predicted molar refractivity (Wildman–Crippen MR) is 105 cm³/mol. The summed E-state index contributed by atoms with van der Waals surface area (Å²) in [7, 11) is 0. The first-order valence-electron chi connectivity index (χ1n) is 8.80. The number of carbonyl (C=O) groups is 2. The fourth-order valence-corrected chi connectivity index (χ4v) is 3.04. The number of amides is 1. The molecule has 0 saturated heterocycles. The summed E-state index contributed by atoms with van der Waals surface area (Å²) in [5, 5.41) is 3.74. The molecule has 3 rings (SSSR count). The normalized spacial score (nSPS) is 12.4. The standard InChI is InChI=1S/C20H19Cl2NO5/c21-15-5-3-14(4-6-15)20(25)23-7-1-2-18(24)28-12-13-10-16(22)19-17(11-13)26-8-9-27-19/h3-6,10-11H,1-2,7-9,12H2,(H,23,25). The van der Waals surface area contributed by atoms with Crippen molar-refractivity contribution in [3.05, 3.63) is 57.6 Å². The van der Waals surface area contributed by atoms with Crippen LogP contribution in [0.3, 0.4) is 0 Å². The van der Waals surface area contributed by atoms with E-state index >= 15 is 0 Å². The number of nitrogens with one attached hydrogen (secondary N) is 1. The number of fused-ring (bicyclic) bond motifs is 1. The molecule has 1 heterocycles. The summed E-state index contributed by atoms with van der Waals surface area (Å²) >= 11 is 12.0. The molecule has 0 aromatic heterocycles. The Bertz CT molecular complexity index is 854. The highest BCUT2D eigenvalue weighted by molar-refractivity contribution is 6.32. The first kappa shape index (κ1) is 20.3. The molecule has 0 saturated carbocycles. The van der Waals surface area contributed by atoms with E-state index in [1.807, 2.05) is 0 Å². The SMILES string of the molecule is O=C(CCCNC(=O)c1ccc(Cl)cc1)OCc1cc(Cl)c2c(c1)OCCO2. The van der Waals surface area contributed by atoms with Crippen molar-refractivity contribution in [1.82, 2.24) is 5.32 Å². The van der Waals surface area contributed by atoms with E-state index in [2.05, 4.69) is 5.32 Å². The largest absolute Gasteiger partial charge is 0.486 e. The second kappa shape index (κ2) is 9.66. The first-order valence-corrected chi connectivity index (χ1v) is 9.56. The van der Waals surface area contributed by atoms with Gasteiger partial charge in [-0.25, -0.2) is 0 Å². The molecule has 0 unspecified atom stereocenters. The number of carbonyl (C=O) groups excluding carboxylic acids is 2. The van der Waals surface area contributed by atoms with Gasteiger partial charge in [0.2, 0.25) is 0 Å². The summed E-state index contributed by atoms with van der Waals surface area (Å²) in [6.45, 7) is 1.36. The van der Waals surface area contributed by atoms with Crippen LogP contribution in [-0.2, 0) is 16.1 Å². The van der Waals surface area contributed by atoms with Crippen molar-refractivity contribution in [2.24, 2.45) is 0 Å². The van der Waals surface area contributed by atoms with Gasteiger partial charge in [-0.05, 0) is 48.4 Å². The van der Waals surface area contributed by atoms with Gasteiger partial charge in [0.25, 0.3) is 5.91 Å². The highest BCUT2D eigenvalue weighted by atomic mass is 35.5. The molecule has 8 heteroatoms. The van der Waals surface area contributed by atoms with E-state index in [-0.39, 0.29) is 24.9 Å². The number of rotatable bonds is 7. The molecule has 1 aliphatic rings. The minimum Gasteiger partial charge on any atom is -0.486 e. The Kier molecular flexibility index (Phi) is 7.01. The van der Waals surface area contributed by atoms with Gasteiger partial charge in [0.1, 0.15) is 19.8 Å². The highest BCUT2D eigenvalue weighted by Crippen LogP contribution is 2.38. The van der Waals surface area contributed by atoms with Gasteiger partial charge in [-0.1, -0.05) is 23.2 Å². The minimum absolute atomic E-state index is 0.0896. The van der Waals surface area contributed by atoms with Gasteiger partial charge in [-0.3, -0.25) is 9.59 Å². The molecule has 28 heavy (non-hydrogen) atoms. The fraction of sp³-hybridized carbons (Fsp3) is 0.300. The number of ether oxygens (including phenoxy) is 3. The third-order valence-corrected chi connectivity index (χ3v) is 4.54. The van der Waals surface area contributed by atoms with Crippen LogP contribution in [0.15, 0.2) is 36.4 Å². The topological polar surface area (TPSA) is 73.9 Å². The van der Waals surface area contributed by atoms with Crippen molar-refractivity contribution in [3.63, 3.8) is 0 Å². The molecule has 0 atom stereocenters. The smallest absolute Gasteiger partial charge is 0.306 e. The molecule has 0 fully saturated rings. The Morgan fingerprint density at radius 1 is 1.07 bits per heavy atom. The third-order valence-electron chi connectivity index (χ3n) is 4.01. The van der Waals surface area contributed by atoms with Crippen LogP contribution in [0.5, 0.6) is 11.5 Å². The van der Waals surface area contributed by atoms with Crippen LogP contribution in [0, 0.1) is 0 Å². The maximum atomic E-state index is 12.0. The van der Waals surface area contributed by atoms with E-state index in [1.54, 1.807) is 36.4 Å². The van der Waals surface area contributed by atoms with Crippen LogP contribution >= 0.6 is 23.2 Å². The van der Waals surface area contributed by atoms with Crippen molar-refractivity contribution in [1.29, 1.82) is 0 Å². The minimum atomic E-state index is -0.355. The molecule has 148 valence electrons. The fourth-order valence-electron chi connectivity index (χ4n) is 2.62. The molecule has 0 radical (unpaired) electrons. The number of hydrogen-bond acceptors (Lipinski definition) is 5. The molecule has 0 spiro atoms. The summed E-state index contributed by atoms with van der Waals surface area (Å²) in [6.07, 6.45) is 0.666. The molecule has 0 bridgehead atoms. The van der Waals surface area contributed by atoms with Gasteiger partial charge in [-0.2, -0.15) is 0 Å². The van der Waals surface area contributed by atoms with E-state index < -0.39 is 0 Å². The Morgan fingerprint density at radius 2 is 1.82 bits per heavy atom. The monoisotopic (exact) mass is 423 g/mol. The summed E-state index contributed by atoms with van der Waals surface area (Å²) in [5.41, 5.74) is 1.24. The van der Waals surface area contributed by atoms with Gasteiger partial charge in [-0.15, -0.1) is 0 Å². The second-order valence-electron chi connectivity index (χ2n) is 6.13. The van der Waals surface area contributed by atoms with Crippen LogP contribution in [0.4, 0.5) is 0 Å². The van der Waals surface area contributed by atoms with Crippen LogP contribution in [0.25, 0.3) is 0 Å². The van der Waals surface area contributed by atoms with Crippen LogP contribution < -0.4 is 14.8 Å². The molecule has 2 aromatic rings. The lowest BCUT2D eigenvalue weighted by atomic mass is 10.2. The molecule has 0 aliphatic carbocycles. The number of esters is 1. The maximum Gasteiger partial charge on any atom is 0.306 e. The molecular weight excluding hydrogens is 405 g/mol.